The smallest absolute Gasteiger partial charge is 0.310 e. The van der Waals surface area contributed by atoms with Gasteiger partial charge in [-0.25, -0.2) is 0 Å². The van der Waals surface area contributed by atoms with E-state index in [2.05, 4.69) is 0 Å². The van der Waals surface area contributed by atoms with Crippen LogP contribution in [-0.2, 0) is 4.79 Å². The van der Waals surface area contributed by atoms with Crippen molar-refractivity contribution in [1.82, 2.24) is 0 Å². The van der Waals surface area contributed by atoms with Gasteiger partial charge in [0.2, 0.25) is 0 Å². The lowest BCUT2D eigenvalue weighted by Gasteiger charge is -2.10. The fourth-order valence-corrected chi connectivity index (χ4v) is 1.33. The van der Waals surface area contributed by atoms with Crippen molar-refractivity contribution in [2.45, 2.75) is 19.3 Å². The quantitative estimate of drug-likeness (QED) is 0.504. The number of nitrogens with two attached hydrogens (primary N) is 1. The molecule has 1 aromatic rings. The van der Waals surface area contributed by atoms with E-state index >= 15 is 0 Å². The number of rotatable bonds is 3. The van der Waals surface area contributed by atoms with Gasteiger partial charge in [-0.05, 0) is 24.1 Å². The fourth-order valence-electron chi connectivity index (χ4n) is 1.33. The summed E-state index contributed by atoms with van der Waals surface area (Å²) in [6.45, 7) is 1.78. The summed E-state index contributed by atoms with van der Waals surface area (Å²) in [6.07, 6.45) is 0.485. The molecule has 14 heavy (non-hydrogen) atoms. The zero-order valence-corrected chi connectivity index (χ0v) is 7.90. The molecule has 0 aromatic heterocycles. The Kier molecular flexibility index (Phi) is 2.96. The van der Waals surface area contributed by atoms with Crippen molar-refractivity contribution in [3.8, 4) is 5.75 Å². The Morgan fingerprint density at radius 3 is 2.64 bits per heavy atom. The van der Waals surface area contributed by atoms with Crippen molar-refractivity contribution in [2.24, 2.45) is 0 Å². The minimum Gasteiger partial charge on any atom is -0.506 e. The first-order chi connectivity index (χ1) is 6.56. The van der Waals surface area contributed by atoms with Crippen molar-refractivity contribution < 1.29 is 15.0 Å². The van der Waals surface area contributed by atoms with E-state index in [1.165, 1.54) is 12.1 Å². The molecule has 4 N–H and O–H groups in total. The molecule has 0 saturated heterocycles. The van der Waals surface area contributed by atoms with E-state index in [1.807, 2.05) is 0 Å². The lowest BCUT2D eigenvalue weighted by molar-refractivity contribution is -0.138. The first-order valence-corrected chi connectivity index (χ1v) is 4.37. The Labute approximate surface area is 82.0 Å². The largest absolute Gasteiger partial charge is 0.506 e. The predicted molar refractivity (Wildman–Crippen MR) is 53.2 cm³/mol. The third-order valence-electron chi connectivity index (χ3n) is 2.16. The van der Waals surface area contributed by atoms with Crippen LogP contribution < -0.4 is 5.73 Å². The van der Waals surface area contributed by atoms with E-state index in [1.54, 1.807) is 13.0 Å². The minimum atomic E-state index is -0.892. The van der Waals surface area contributed by atoms with Crippen molar-refractivity contribution in [1.29, 1.82) is 0 Å². The van der Waals surface area contributed by atoms with Gasteiger partial charge in [-0.15, -0.1) is 0 Å². The second kappa shape index (κ2) is 4.00. The molecule has 0 heterocycles. The summed E-state index contributed by atoms with van der Waals surface area (Å²) in [4.78, 5) is 10.8. The van der Waals surface area contributed by atoms with Crippen LogP contribution in [0.3, 0.4) is 0 Å². The average Bonchev–Trinajstić information content (AvgIpc) is 2.11. The molecule has 4 nitrogen and oxygen atoms in total. The highest BCUT2D eigenvalue weighted by Crippen LogP contribution is 2.27. The van der Waals surface area contributed by atoms with Crippen LogP contribution in [0.4, 0.5) is 5.69 Å². The van der Waals surface area contributed by atoms with Gasteiger partial charge in [0.05, 0.1) is 11.6 Å². The van der Waals surface area contributed by atoms with Gasteiger partial charge in [0.1, 0.15) is 5.75 Å². The summed E-state index contributed by atoms with van der Waals surface area (Å²) >= 11 is 0. The van der Waals surface area contributed by atoms with Crippen LogP contribution in [0.5, 0.6) is 5.75 Å². The van der Waals surface area contributed by atoms with Crippen molar-refractivity contribution in [2.75, 3.05) is 5.73 Å². The molecule has 1 rings (SSSR count). The lowest BCUT2D eigenvalue weighted by Crippen LogP contribution is -2.10. The zero-order chi connectivity index (χ0) is 10.7. The van der Waals surface area contributed by atoms with Crippen molar-refractivity contribution >= 4 is 11.7 Å². The number of aliphatic carboxylic acids is 1. The number of nitrogen functional groups attached to an aromatic ring is 1. The van der Waals surface area contributed by atoms with Crippen LogP contribution in [0, 0.1) is 0 Å². The molecule has 0 aliphatic heterocycles. The molecule has 0 fully saturated rings. The summed E-state index contributed by atoms with van der Waals surface area (Å²) in [5.74, 6) is -1.54. The molecule has 76 valence electrons. The molecule has 1 unspecified atom stereocenters. The van der Waals surface area contributed by atoms with Gasteiger partial charge in [0.25, 0.3) is 0 Å². The van der Waals surface area contributed by atoms with Gasteiger partial charge in [0, 0.05) is 0 Å². The highest BCUT2D eigenvalue weighted by atomic mass is 16.4. The van der Waals surface area contributed by atoms with Crippen LogP contribution in [0.2, 0.25) is 0 Å². The van der Waals surface area contributed by atoms with E-state index < -0.39 is 11.9 Å². The molecule has 0 aliphatic carbocycles. The van der Waals surface area contributed by atoms with Crippen LogP contribution in [0.1, 0.15) is 24.8 Å². The summed E-state index contributed by atoms with van der Waals surface area (Å²) in [5, 5.41) is 18.2. The number of carboxylic acids is 1. The van der Waals surface area contributed by atoms with E-state index in [0.717, 1.165) is 0 Å². The van der Waals surface area contributed by atoms with Crippen molar-refractivity contribution in [3.63, 3.8) is 0 Å². The number of phenolic OH excluding ortho intramolecular Hbond substituents is 1. The number of carbonyl (C=O) groups is 1. The van der Waals surface area contributed by atoms with Crippen LogP contribution >= 0.6 is 0 Å². The van der Waals surface area contributed by atoms with Gasteiger partial charge in [0.15, 0.2) is 0 Å². The Balaban J connectivity index is 3.06. The second-order valence-electron chi connectivity index (χ2n) is 3.12. The number of benzene rings is 1. The molecular weight excluding hydrogens is 182 g/mol. The number of carboxylic acid groups (broad SMARTS) is 1. The molecule has 0 radical (unpaired) electrons. The standard InChI is InChI=1S/C10H13NO3/c1-2-7(10(13)14)6-3-4-8(11)9(12)5-6/h3-5,7,12H,2,11H2,1H3,(H,13,14). The summed E-state index contributed by atoms with van der Waals surface area (Å²) in [7, 11) is 0. The summed E-state index contributed by atoms with van der Waals surface area (Å²) < 4.78 is 0. The van der Waals surface area contributed by atoms with E-state index in [9.17, 15) is 9.90 Å². The molecule has 0 amide bonds. The first-order valence-electron chi connectivity index (χ1n) is 4.37. The zero-order valence-electron chi connectivity index (χ0n) is 7.90. The first kappa shape index (κ1) is 10.4. The summed E-state index contributed by atoms with van der Waals surface area (Å²) in [5.41, 5.74) is 6.24. The number of phenols is 1. The van der Waals surface area contributed by atoms with Gasteiger partial charge < -0.3 is 15.9 Å². The Hall–Kier alpha value is -1.71. The minimum absolute atomic E-state index is 0.0674. The maximum absolute atomic E-state index is 10.8. The predicted octanol–water partition coefficient (Wildman–Crippen LogP) is 1.55. The van der Waals surface area contributed by atoms with Gasteiger partial charge in [-0.3, -0.25) is 4.79 Å². The highest BCUT2D eigenvalue weighted by molar-refractivity contribution is 5.76. The SMILES string of the molecule is CCC(C(=O)O)c1ccc(N)c(O)c1. The Morgan fingerprint density at radius 1 is 1.57 bits per heavy atom. The van der Waals surface area contributed by atoms with E-state index in [-0.39, 0.29) is 11.4 Å². The number of hydrogen-bond acceptors (Lipinski definition) is 3. The molecular formula is C10H13NO3. The molecule has 1 atom stereocenters. The Bertz CT molecular complexity index is 349. The Morgan fingerprint density at radius 2 is 2.21 bits per heavy atom. The van der Waals surface area contributed by atoms with Crippen LogP contribution in [-0.4, -0.2) is 16.2 Å². The molecule has 0 aliphatic rings. The molecule has 4 heteroatoms. The molecule has 0 spiro atoms. The highest BCUT2D eigenvalue weighted by Gasteiger charge is 2.18. The van der Waals surface area contributed by atoms with Gasteiger partial charge >= 0.3 is 5.97 Å². The summed E-state index contributed by atoms with van der Waals surface area (Å²) in [6, 6.07) is 4.53. The normalized spacial score (nSPS) is 12.4. The topological polar surface area (TPSA) is 83.5 Å². The molecule has 0 bridgehead atoms. The second-order valence-corrected chi connectivity index (χ2v) is 3.12. The lowest BCUT2D eigenvalue weighted by atomic mass is 9.96. The third kappa shape index (κ3) is 1.96. The van der Waals surface area contributed by atoms with Gasteiger partial charge in [-0.1, -0.05) is 13.0 Å². The molecule has 0 saturated carbocycles. The van der Waals surface area contributed by atoms with Crippen LogP contribution in [0.15, 0.2) is 18.2 Å². The average molecular weight is 195 g/mol. The number of aromatic hydroxyl groups is 1. The van der Waals surface area contributed by atoms with Crippen molar-refractivity contribution in [3.05, 3.63) is 23.8 Å². The van der Waals surface area contributed by atoms with Crippen LogP contribution in [0.25, 0.3) is 0 Å². The molecule has 1 aromatic carbocycles. The van der Waals surface area contributed by atoms with E-state index in [4.69, 9.17) is 10.8 Å². The number of anilines is 1. The monoisotopic (exact) mass is 195 g/mol. The fraction of sp³-hybridized carbons (Fsp3) is 0.300. The number of hydrogen-bond donors (Lipinski definition) is 3. The third-order valence-corrected chi connectivity index (χ3v) is 2.16. The van der Waals surface area contributed by atoms with E-state index in [0.29, 0.717) is 12.0 Å². The maximum Gasteiger partial charge on any atom is 0.310 e. The van der Waals surface area contributed by atoms with Gasteiger partial charge in [-0.2, -0.15) is 0 Å². The maximum atomic E-state index is 10.8.